The number of hydrogen-bond acceptors (Lipinski definition) is 4. The van der Waals surface area contributed by atoms with Crippen molar-refractivity contribution in [1.29, 1.82) is 0 Å². The third kappa shape index (κ3) is 4.52. The van der Waals surface area contributed by atoms with Crippen molar-refractivity contribution < 1.29 is 14.3 Å². The van der Waals surface area contributed by atoms with Crippen LogP contribution in [0.25, 0.3) is 0 Å². The Kier molecular flexibility index (Phi) is 5.33. The fourth-order valence-corrected chi connectivity index (χ4v) is 2.36. The Bertz CT molecular complexity index is 475. The van der Waals surface area contributed by atoms with E-state index in [2.05, 4.69) is 10.3 Å². The molecule has 1 N–H and O–H groups in total. The molecule has 0 aromatic heterocycles. The number of alkyl carbamates (subject to hydrolysis) is 1. The molecule has 0 unspecified atom stereocenters. The van der Waals surface area contributed by atoms with Crippen molar-refractivity contribution in [3.05, 3.63) is 35.9 Å². The van der Waals surface area contributed by atoms with Gasteiger partial charge in [0.1, 0.15) is 6.61 Å². The fourth-order valence-electron chi connectivity index (χ4n) is 2.36. The molecule has 0 bridgehead atoms. The third-order valence-electron chi connectivity index (χ3n) is 3.47. The van der Waals surface area contributed by atoms with E-state index < -0.39 is 6.09 Å². The molecular weight excluding hydrogens is 256 g/mol. The summed E-state index contributed by atoms with van der Waals surface area (Å²) < 4.78 is 5.17. The van der Waals surface area contributed by atoms with Crippen molar-refractivity contribution in [2.45, 2.75) is 44.4 Å². The van der Waals surface area contributed by atoms with Crippen molar-refractivity contribution in [3.8, 4) is 0 Å². The van der Waals surface area contributed by atoms with Crippen LogP contribution in [-0.4, -0.2) is 24.3 Å². The van der Waals surface area contributed by atoms with Gasteiger partial charge in [0.05, 0.1) is 6.04 Å². The maximum absolute atomic E-state index is 11.7. The molecule has 1 aliphatic rings. The van der Waals surface area contributed by atoms with Crippen molar-refractivity contribution in [2.75, 3.05) is 0 Å². The van der Waals surface area contributed by atoms with Crippen LogP contribution in [0.3, 0.4) is 0 Å². The minimum absolute atomic E-state index is 0.0610. The molecule has 1 aromatic carbocycles. The van der Waals surface area contributed by atoms with E-state index in [1.807, 2.05) is 30.3 Å². The second kappa shape index (κ2) is 7.46. The molecule has 0 spiro atoms. The third-order valence-corrected chi connectivity index (χ3v) is 3.47. The lowest BCUT2D eigenvalue weighted by Gasteiger charge is -2.25. The van der Waals surface area contributed by atoms with Crippen LogP contribution in [0, 0.1) is 0 Å². The van der Waals surface area contributed by atoms with Gasteiger partial charge in [-0.3, -0.25) is 0 Å². The Hall–Kier alpha value is -2.13. The molecule has 0 aliphatic heterocycles. The number of nitrogens with zero attached hydrogens (tertiary/aromatic N) is 1. The predicted molar refractivity (Wildman–Crippen MR) is 73.9 cm³/mol. The molecule has 1 aliphatic carbocycles. The van der Waals surface area contributed by atoms with E-state index in [1.165, 1.54) is 0 Å². The van der Waals surface area contributed by atoms with E-state index in [-0.39, 0.29) is 18.7 Å². The van der Waals surface area contributed by atoms with E-state index in [0.717, 1.165) is 31.2 Å². The molecule has 5 heteroatoms. The number of benzene rings is 1. The highest BCUT2D eigenvalue weighted by Crippen LogP contribution is 2.20. The first-order valence-corrected chi connectivity index (χ1v) is 6.82. The molecule has 5 nitrogen and oxygen atoms in total. The molecule has 0 radical (unpaired) electrons. The van der Waals surface area contributed by atoms with E-state index in [4.69, 9.17) is 4.74 Å². The first-order valence-electron chi connectivity index (χ1n) is 6.82. The Balaban J connectivity index is 1.69. The fraction of sp³-hybridized carbons (Fsp3) is 0.467. The number of isocyanates is 1. The number of aliphatic imine (C=N–C) groups is 1. The van der Waals surface area contributed by atoms with Gasteiger partial charge in [0, 0.05) is 6.04 Å². The summed E-state index contributed by atoms with van der Waals surface area (Å²) in [6.45, 7) is 0.275. The lowest BCUT2D eigenvalue weighted by molar-refractivity contribution is 0.132. The van der Waals surface area contributed by atoms with Gasteiger partial charge in [-0.1, -0.05) is 30.3 Å². The Morgan fingerprint density at radius 2 is 1.95 bits per heavy atom. The minimum atomic E-state index is -0.392. The summed E-state index contributed by atoms with van der Waals surface area (Å²) in [6, 6.07) is 9.73. The minimum Gasteiger partial charge on any atom is -0.445 e. The van der Waals surface area contributed by atoms with Crippen molar-refractivity contribution in [3.63, 3.8) is 0 Å². The number of amides is 1. The predicted octanol–water partition coefficient (Wildman–Crippen LogP) is 2.56. The first kappa shape index (κ1) is 14.3. The Labute approximate surface area is 118 Å². The Morgan fingerprint density at radius 3 is 2.60 bits per heavy atom. The molecule has 0 atom stereocenters. The van der Waals surface area contributed by atoms with E-state index in [0.29, 0.717) is 0 Å². The van der Waals surface area contributed by atoms with Gasteiger partial charge in [-0.05, 0) is 31.2 Å². The van der Waals surface area contributed by atoms with Crippen molar-refractivity contribution in [2.24, 2.45) is 4.99 Å². The van der Waals surface area contributed by atoms with Crippen LogP contribution in [-0.2, 0) is 16.1 Å². The SMILES string of the molecule is O=C=NC1CCC(NC(=O)OCc2ccccc2)CC1. The average Bonchev–Trinajstić information content (AvgIpc) is 2.49. The standard InChI is InChI=1S/C15H18N2O3/c18-11-16-13-6-8-14(9-7-13)17-15(19)20-10-12-4-2-1-3-5-12/h1-5,13-14H,6-10H2,(H,17,19). The molecule has 1 fully saturated rings. The molecule has 20 heavy (non-hydrogen) atoms. The number of hydrogen-bond donors (Lipinski definition) is 1. The summed E-state index contributed by atoms with van der Waals surface area (Å²) in [5, 5.41) is 2.85. The highest BCUT2D eigenvalue weighted by atomic mass is 16.5. The van der Waals surface area contributed by atoms with Gasteiger partial charge in [-0.15, -0.1) is 0 Å². The summed E-state index contributed by atoms with van der Waals surface area (Å²) in [7, 11) is 0. The molecular formula is C15H18N2O3. The van der Waals surface area contributed by atoms with Crippen LogP contribution >= 0.6 is 0 Å². The largest absolute Gasteiger partial charge is 0.445 e. The zero-order valence-corrected chi connectivity index (χ0v) is 11.2. The van der Waals surface area contributed by atoms with Crippen molar-refractivity contribution in [1.82, 2.24) is 5.32 Å². The second-order valence-electron chi connectivity index (χ2n) is 4.93. The van der Waals surface area contributed by atoms with Crippen LogP contribution in [0.4, 0.5) is 4.79 Å². The summed E-state index contributed by atoms with van der Waals surface area (Å²) in [6.07, 6.45) is 4.44. The Morgan fingerprint density at radius 1 is 1.25 bits per heavy atom. The number of nitrogens with one attached hydrogen (secondary N) is 1. The van der Waals surface area contributed by atoms with Crippen LogP contribution in [0.5, 0.6) is 0 Å². The normalized spacial score (nSPS) is 21.6. The summed E-state index contributed by atoms with van der Waals surface area (Å²) >= 11 is 0. The number of carbonyl (C=O) groups is 1. The quantitative estimate of drug-likeness (QED) is 0.677. The van der Waals surface area contributed by atoms with Crippen molar-refractivity contribution >= 4 is 12.2 Å². The van der Waals surface area contributed by atoms with Gasteiger partial charge >= 0.3 is 6.09 Å². The number of carbonyl (C=O) groups excluding carboxylic acids is 2. The number of rotatable bonds is 4. The zero-order valence-electron chi connectivity index (χ0n) is 11.2. The first-order chi connectivity index (χ1) is 9.78. The summed E-state index contributed by atoms with van der Waals surface area (Å²) in [5.74, 6) is 0. The molecule has 0 heterocycles. The number of ether oxygens (including phenoxy) is 1. The molecule has 2 rings (SSSR count). The van der Waals surface area contributed by atoms with Gasteiger partial charge in [0.25, 0.3) is 0 Å². The van der Waals surface area contributed by atoms with Crippen LogP contribution in [0.2, 0.25) is 0 Å². The molecule has 1 amide bonds. The smallest absolute Gasteiger partial charge is 0.407 e. The zero-order chi connectivity index (χ0) is 14.2. The maximum atomic E-state index is 11.7. The van der Waals surface area contributed by atoms with E-state index in [1.54, 1.807) is 6.08 Å². The maximum Gasteiger partial charge on any atom is 0.407 e. The lowest BCUT2D eigenvalue weighted by atomic mass is 9.92. The van der Waals surface area contributed by atoms with E-state index in [9.17, 15) is 9.59 Å². The lowest BCUT2D eigenvalue weighted by Crippen LogP contribution is -2.38. The van der Waals surface area contributed by atoms with Crippen LogP contribution in [0.1, 0.15) is 31.2 Å². The van der Waals surface area contributed by atoms with Gasteiger partial charge in [0.15, 0.2) is 0 Å². The topological polar surface area (TPSA) is 67.8 Å². The average molecular weight is 274 g/mol. The highest BCUT2D eigenvalue weighted by molar-refractivity contribution is 5.67. The monoisotopic (exact) mass is 274 g/mol. The molecule has 1 saturated carbocycles. The molecule has 1 aromatic rings. The summed E-state index contributed by atoms with van der Waals surface area (Å²) in [4.78, 5) is 25.6. The van der Waals surface area contributed by atoms with Crippen LogP contribution in [0.15, 0.2) is 35.3 Å². The summed E-state index contributed by atoms with van der Waals surface area (Å²) in [5.41, 5.74) is 0.965. The van der Waals surface area contributed by atoms with Gasteiger partial charge in [-0.25, -0.2) is 14.6 Å². The highest BCUT2D eigenvalue weighted by Gasteiger charge is 2.22. The van der Waals surface area contributed by atoms with E-state index >= 15 is 0 Å². The second-order valence-corrected chi connectivity index (χ2v) is 4.93. The van der Waals surface area contributed by atoms with Gasteiger partial charge in [-0.2, -0.15) is 0 Å². The molecule has 106 valence electrons. The van der Waals surface area contributed by atoms with Gasteiger partial charge < -0.3 is 10.1 Å². The van der Waals surface area contributed by atoms with Crippen LogP contribution < -0.4 is 5.32 Å². The van der Waals surface area contributed by atoms with Gasteiger partial charge in [0.2, 0.25) is 6.08 Å². The molecule has 0 saturated heterocycles.